The van der Waals surface area contributed by atoms with Crippen molar-refractivity contribution in [2.45, 2.75) is 109 Å². The second-order valence-electron chi connectivity index (χ2n) is 13.4. The summed E-state index contributed by atoms with van der Waals surface area (Å²) in [6.07, 6.45) is 6.59. The highest BCUT2D eigenvalue weighted by Gasteiger charge is 2.79. The third-order valence-corrected chi connectivity index (χ3v) is 8.51. The third-order valence-electron chi connectivity index (χ3n) is 8.51. The van der Waals surface area contributed by atoms with Gasteiger partial charge < -0.3 is 24.4 Å². The van der Waals surface area contributed by atoms with Crippen LogP contribution in [0.4, 0.5) is 0 Å². The fraction of sp³-hybridized carbons (Fsp3) is 0.767. The fourth-order valence-corrected chi connectivity index (χ4v) is 7.36. The van der Waals surface area contributed by atoms with Crippen molar-refractivity contribution < 1.29 is 29.0 Å². The van der Waals surface area contributed by atoms with Crippen molar-refractivity contribution in [3.05, 3.63) is 25.3 Å². The summed E-state index contributed by atoms with van der Waals surface area (Å²) in [5, 5.41) is 10.1. The molecule has 2 unspecified atom stereocenters. The lowest BCUT2D eigenvalue weighted by molar-refractivity contribution is -0.163. The zero-order chi connectivity index (χ0) is 28.7. The average molecular weight is 533 g/mol. The molecule has 0 radical (unpaired) electrons. The normalized spacial score (nSPS) is 31.2. The maximum Gasteiger partial charge on any atom is 0.312 e. The van der Waals surface area contributed by atoms with E-state index in [1.54, 1.807) is 24.0 Å². The van der Waals surface area contributed by atoms with E-state index in [1.807, 2.05) is 20.8 Å². The van der Waals surface area contributed by atoms with Gasteiger partial charge in [-0.3, -0.25) is 14.4 Å². The minimum absolute atomic E-state index is 0.0518. The lowest BCUT2D eigenvalue weighted by atomic mass is 9.66. The van der Waals surface area contributed by atoms with E-state index < -0.39 is 46.6 Å². The Hall–Kier alpha value is -2.19. The number of hydrogen-bond acceptors (Lipinski definition) is 6. The number of aliphatic hydroxyl groups excluding tert-OH is 1. The molecule has 3 saturated heterocycles. The van der Waals surface area contributed by atoms with Crippen LogP contribution in [0.25, 0.3) is 0 Å². The summed E-state index contributed by atoms with van der Waals surface area (Å²) in [6, 6.07) is -1.57. The smallest absolute Gasteiger partial charge is 0.312 e. The number of nitrogens with zero attached hydrogens (tertiary/aromatic N) is 2. The summed E-state index contributed by atoms with van der Waals surface area (Å²) in [5.41, 5.74) is -2.65. The Kier molecular flexibility index (Phi) is 8.60. The van der Waals surface area contributed by atoms with Crippen molar-refractivity contribution >= 4 is 17.8 Å². The predicted octanol–water partition coefficient (Wildman–Crippen LogP) is 3.87. The van der Waals surface area contributed by atoms with Crippen molar-refractivity contribution in [1.29, 1.82) is 0 Å². The number of rotatable bonds is 12. The molecule has 1 spiro atoms. The molecule has 3 aliphatic heterocycles. The van der Waals surface area contributed by atoms with Crippen LogP contribution in [-0.4, -0.2) is 81.3 Å². The molecule has 3 rings (SSSR count). The Labute approximate surface area is 228 Å². The van der Waals surface area contributed by atoms with Crippen molar-refractivity contribution in [2.24, 2.45) is 17.3 Å². The lowest BCUT2D eigenvalue weighted by Gasteiger charge is -2.46. The summed E-state index contributed by atoms with van der Waals surface area (Å²) in [6.45, 7) is 21.9. The topological polar surface area (TPSA) is 96.4 Å². The van der Waals surface area contributed by atoms with Gasteiger partial charge in [-0.25, -0.2) is 0 Å². The van der Waals surface area contributed by atoms with Gasteiger partial charge in [0.25, 0.3) is 0 Å². The number of ether oxygens (including phenoxy) is 2. The van der Waals surface area contributed by atoms with E-state index in [0.717, 1.165) is 12.8 Å². The first-order chi connectivity index (χ1) is 17.6. The molecule has 6 atom stereocenters. The number of esters is 1. The first kappa shape index (κ1) is 30.4. The van der Waals surface area contributed by atoms with E-state index >= 15 is 0 Å². The Morgan fingerprint density at radius 3 is 2.45 bits per heavy atom. The molecular formula is C30H48N2O6. The highest BCUT2D eigenvalue weighted by Crippen LogP contribution is 2.63. The van der Waals surface area contributed by atoms with Gasteiger partial charge in [0.15, 0.2) is 0 Å². The van der Waals surface area contributed by atoms with E-state index in [1.165, 1.54) is 4.90 Å². The number of fused-ring (bicyclic) bond motifs is 1. The van der Waals surface area contributed by atoms with Crippen LogP contribution < -0.4 is 0 Å². The van der Waals surface area contributed by atoms with E-state index in [-0.39, 0.29) is 30.4 Å². The van der Waals surface area contributed by atoms with Gasteiger partial charge in [-0.15, -0.1) is 13.2 Å². The third kappa shape index (κ3) is 5.18. The van der Waals surface area contributed by atoms with Crippen LogP contribution in [0, 0.1) is 17.3 Å². The van der Waals surface area contributed by atoms with Gasteiger partial charge in [0.05, 0.1) is 30.8 Å². The average Bonchev–Trinajstić information content (AvgIpc) is 3.38. The van der Waals surface area contributed by atoms with Crippen LogP contribution in [0.3, 0.4) is 0 Å². The standard InChI is InChI=1S/C30H48N2O6/c1-10-12-13-17-37-26(36)22-21-24(34)32(20(3)18-33)23(30(21)15-14-29(22,9)38-30)25(35)31(16-11-2)28(7,8)19-27(4,5)6/h10-11,20-23,33H,1-2,12-19H2,3-9H3/t20-,21+,22-,23?,29+,30?/m1/s1. The predicted molar refractivity (Wildman–Crippen MR) is 146 cm³/mol. The Morgan fingerprint density at radius 2 is 1.89 bits per heavy atom. The van der Waals surface area contributed by atoms with Gasteiger partial charge in [-0.2, -0.15) is 0 Å². The first-order valence-electron chi connectivity index (χ1n) is 13.9. The van der Waals surface area contributed by atoms with Gasteiger partial charge in [-0.05, 0) is 65.2 Å². The van der Waals surface area contributed by atoms with Crippen LogP contribution in [-0.2, 0) is 23.9 Å². The second kappa shape index (κ2) is 10.8. The fourth-order valence-electron chi connectivity index (χ4n) is 7.36. The number of carbonyl (C=O) groups is 3. The van der Waals surface area contributed by atoms with Crippen LogP contribution in [0.15, 0.2) is 25.3 Å². The first-order valence-corrected chi connectivity index (χ1v) is 13.9. The highest BCUT2D eigenvalue weighted by atomic mass is 16.6. The Bertz CT molecular complexity index is 955. The lowest BCUT2D eigenvalue weighted by Crippen LogP contribution is -2.62. The number of aliphatic hydroxyl groups is 1. The molecule has 3 fully saturated rings. The highest BCUT2D eigenvalue weighted by molar-refractivity contribution is 5.99. The largest absolute Gasteiger partial charge is 0.465 e. The molecular weight excluding hydrogens is 484 g/mol. The molecule has 0 aromatic rings. The minimum atomic E-state index is -1.16. The molecule has 8 nitrogen and oxygen atoms in total. The van der Waals surface area contributed by atoms with Crippen LogP contribution in [0.2, 0.25) is 0 Å². The molecule has 0 aromatic heterocycles. The van der Waals surface area contributed by atoms with Gasteiger partial charge >= 0.3 is 5.97 Å². The molecule has 1 N–H and O–H groups in total. The van der Waals surface area contributed by atoms with Gasteiger partial charge in [0.1, 0.15) is 17.6 Å². The van der Waals surface area contributed by atoms with Gasteiger partial charge in [-0.1, -0.05) is 32.9 Å². The number of amides is 2. The van der Waals surface area contributed by atoms with E-state index in [4.69, 9.17) is 9.47 Å². The molecule has 0 aliphatic carbocycles. The molecule has 3 aliphatic rings. The van der Waals surface area contributed by atoms with Crippen LogP contribution in [0.5, 0.6) is 0 Å². The summed E-state index contributed by atoms with van der Waals surface area (Å²) in [4.78, 5) is 45.4. The number of carbonyl (C=O) groups excluding carboxylic acids is 3. The maximum atomic E-state index is 14.6. The molecule has 38 heavy (non-hydrogen) atoms. The summed E-state index contributed by atoms with van der Waals surface area (Å²) >= 11 is 0. The number of unbranched alkanes of at least 4 members (excludes halogenated alkanes) is 1. The van der Waals surface area contributed by atoms with Crippen molar-refractivity contribution in [3.8, 4) is 0 Å². The van der Waals surface area contributed by atoms with Crippen molar-refractivity contribution in [3.63, 3.8) is 0 Å². The number of allylic oxidation sites excluding steroid dienone is 1. The van der Waals surface area contributed by atoms with Crippen molar-refractivity contribution in [1.82, 2.24) is 9.80 Å². The molecule has 3 heterocycles. The maximum absolute atomic E-state index is 14.6. The van der Waals surface area contributed by atoms with E-state index in [0.29, 0.717) is 25.8 Å². The molecule has 214 valence electrons. The zero-order valence-electron chi connectivity index (χ0n) is 24.4. The molecule has 0 saturated carbocycles. The molecule has 0 aromatic carbocycles. The van der Waals surface area contributed by atoms with Crippen molar-refractivity contribution in [2.75, 3.05) is 19.8 Å². The Morgan fingerprint density at radius 1 is 1.24 bits per heavy atom. The van der Waals surface area contributed by atoms with Crippen LogP contribution in [0.1, 0.15) is 80.6 Å². The molecule has 2 amide bonds. The SMILES string of the molecule is C=CCCCOC(=O)[C@H]1[C@H]2C(=O)N([C@H](C)CO)C(C(=O)N(CC=C)C(C)(C)CC(C)(C)C)C23CC[C@]1(C)O3. The van der Waals surface area contributed by atoms with Gasteiger partial charge in [0.2, 0.25) is 11.8 Å². The molecule has 8 heteroatoms. The Balaban J connectivity index is 2.06. The quantitative estimate of drug-likeness (QED) is 0.233. The summed E-state index contributed by atoms with van der Waals surface area (Å²) < 4.78 is 12.3. The monoisotopic (exact) mass is 532 g/mol. The van der Waals surface area contributed by atoms with E-state index in [9.17, 15) is 19.5 Å². The summed E-state index contributed by atoms with van der Waals surface area (Å²) in [5.74, 6) is -2.67. The van der Waals surface area contributed by atoms with Gasteiger partial charge in [0, 0.05) is 12.1 Å². The zero-order valence-corrected chi connectivity index (χ0v) is 24.4. The number of hydrogen-bond donors (Lipinski definition) is 1. The minimum Gasteiger partial charge on any atom is -0.465 e. The molecule has 2 bridgehead atoms. The second-order valence-corrected chi connectivity index (χ2v) is 13.4. The summed E-state index contributed by atoms with van der Waals surface area (Å²) in [7, 11) is 0. The number of likely N-dealkylation sites (tertiary alicyclic amines) is 1. The van der Waals surface area contributed by atoms with Crippen LogP contribution >= 0.6 is 0 Å². The van der Waals surface area contributed by atoms with E-state index in [2.05, 4.69) is 33.9 Å².